The van der Waals surface area contributed by atoms with Crippen LogP contribution in [0.25, 0.3) is 0 Å². The minimum absolute atomic E-state index is 0. The first-order valence-corrected chi connectivity index (χ1v) is 4.40. The lowest BCUT2D eigenvalue weighted by Crippen LogP contribution is -2.36. The highest BCUT2D eigenvalue weighted by Gasteiger charge is 2.10. The van der Waals surface area contributed by atoms with Crippen LogP contribution in [0, 0.1) is 0 Å². The van der Waals surface area contributed by atoms with Gasteiger partial charge in [-0.25, -0.2) is 4.98 Å². The van der Waals surface area contributed by atoms with Crippen molar-refractivity contribution in [1.82, 2.24) is 4.98 Å². The zero-order chi connectivity index (χ0) is 9.10. The van der Waals surface area contributed by atoms with Gasteiger partial charge in [0.1, 0.15) is 5.82 Å². The van der Waals surface area contributed by atoms with Gasteiger partial charge in [0.15, 0.2) is 0 Å². The second kappa shape index (κ2) is 5.02. The molecule has 1 aliphatic rings. The molecule has 5 heteroatoms. The summed E-state index contributed by atoms with van der Waals surface area (Å²) in [6.45, 7) is 3.46. The fourth-order valence-electron chi connectivity index (χ4n) is 1.41. The average molecular weight is 216 g/mol. The van der Waals surface area contributed by atoms with E-state index in [-0.39, 0.29) is 12.4 Å². The van der Waals surface area contributed by atoms with E-state index in [9.17, 15) is 0 Å². The molecule has 1 fully saturated rings. The highest BCUT2D eigenvalue weighted by molar-refractivity contribution is 5.85. The number of hydrogen-bond acceptors (Lipinski definition) is 4. The molecule has 0 aliphatic carbocycles. The van der Waals surface area contributed by atoms with Crippen molar-refractivity contribution in [3.8, 4) is 0 Å². The third-order valence-electron chi connectivity index (χ3n) is 2.15. The van der Waals surface area contributed by atoms with Crippen LogP contribution >= 0.6 is 12.4 Å². The van der Waals surface area contributed by atoms with E-state index in [4.69, 9.17) is 10.5 Å². The Labute approximate surface area is 89.5 Å². The van der Waals surface area contributed by atoms with E-state index < -0.39 is 0 Å². The lowest BCUT2D eigenvalue weighted by atomic mass is 10.3. The molecule has 2 N–H and O–H groups in total. The fraction of sp³-hybridized carbons (Fsp3) is 0.444. The number of nitrogens with zero attached hydrogens (tertiary/aromatic N) is 2. The topological polar surface area (TPSA) is 51.4 Å². The first kappa shape index (κ1) is 11.1. The minimum Gasteiger partial charge on any atom is -0.384 e. The number of nitrogens with two attached hydrogens (primary N) is 1. The van der Waals surface area contributed by atoms with Crippen LogP contribution in [-0.4, -0.2) is 31.3 Å². The van der Waals surface area contributed by atoms with E-state index in [2.05, 4.69) is 9.88 Å². The molecule has 0 aromatic carbocycles. The quantitative estimate of drug-likeness (QED) is 0.757. The fourth-order valence-corrected chi connectivity index (χ4v) is 1.41. The van der Waals surface area contributed by atoms with Gasteiger partial charge in [0, 0.05) is 13.1 Å². The standard InChI is InChI=1S/C9H13N3O.ClH/c10-9-2-1-8(7-11-9)12-3-5-13-6-4-12;/h1-2,7H,3-6H2,(H2,10,11);1H. The third-order valence-corrected chi connectivity index (χ3v) is 2.15. The van der Waals surface area contributed by atoms with Crippen LogP contribution in [0.4, 0.5) is 11.5 Å². The SMILES string of the molecule is Cl.Nc1ccc(N2CCOCC2)cn1. The van der Waals surface area contributed by atoms with Crippen molar-refractivity contribution in [2.45, 2.75) is 0 Å². The van der Waals surface area contributed by atoms with Gasteiger partial charge in [0.05, 0.1) is 25.1 Å². The third kappa shape index (κ3) is 2.49. The van der Waals surface area contributed by atoms with Crippen LogP contribution < -0.4 is 10.6 Å². The predicted octanol–water partition coefficient (Wildman–Crippen LogP) is 0.922. The van der Waals surface area contributed by atoms with E-state index in [1.807, 2.05) is 12.1 Å². The van der Waals surface area contributed by atoms with Gasteiger partial charge in [-0.2, -0.15) is 0 Å². The summed E-state index contributed by atoms with van der Waals surface area (Å²) in [5, 5.41) is 0. The number of halogens is 1. The largest absolute Gasteiger partial charge is 0.384 e. The lowest BCUT2D eigenvalue weighted by molar-refractivity contribution is 0.122. The van der Waals surface area contributed by atoms with Crippen molar-refractivity contribution in [1.29, 1.82) is 0 Å². The first-order valence-electron chi connectivity index (χ1n) is 4.40. The van der Waals surface area contributed by atoms with Gasteiger partial charge in [-0.3, -0.25) is 0 Å². The molecule has 1 saturated heterocycles. The van der Waals surface area contributed by atoms with Gasteiger partial charge in [-0.15, -0.1) is 12.4 Å². The number of ether oxygens (including phenoxy) is 1. The molecular weight excluding hydrogens is 202 g/mol. The molecule has 2 rings (SSSR count). The highest BCUT2D eigenvalue weighted by atomic mass is 35.5. The first-order chi connectivity index (χ1) is 6.36. The van der Waals surface area contributed by atoms with Crippen LogP contribution in [-0.2, 0) is 4.74 Å². The number of morpholine rings is 1. The van der Waals surface area contributed by atoms with Crippen LogP contribution in [0.2, 0.25) is 0 Å². The van der Waals surface area contributed by atoms with Crippen molar-refractivity contribution >= 4 is 23.9 Å². The van der Waals surface area contributed by atoms with E-state index in [1.165, 1.54) is 0 Å². The van der Waals surface area contributed by atoms with Gasteiger partial charge >= 0.3 is 0 Å². The Bertz CT molecular complexity index is 272. The molecule has 0 saturated carbocycles. The molecule has 1 aromatic rings. The molecule has 0 spiro atoms. The van der Waals surface area contributed by atoms with E-state index in [1.54, 1.807) is 6.20 Å². The van der Waals surface area contributed by atoms with Crippen LogP contribution in [0.3, 0.4) is 0 Å². The van der Waals surface area contributed by atoms with Crippen molar-refractivity contribution in [2.75, 3.05) is 36.9 Å². The number of pyridine rings is 1. The Morgan fingerprint density at radius 3 is 2.57 bits per heavy atom. The number of rotatable bonds is 1. The summed E-state index contributed by atoms with van der Waals surface area (Å²) in [5.74, 6) is 0.567. The molecule has 0 radical (unpaired) electrons. The zero-order valence-electron chi connectivity index (χ0n) is 7.85. The van der Waals surface area contributed by atoms with Crippen molar-refractivity contribution in [3.63, 3.8) is 0 Å². The van der Waals surface area contributed by atoms with Crippen molar-refractivity contribution in [3.05, 3.63) is 18.3 Å². The molecule has 0 bridgehead atoms. The van der Waals surface area contributed by atoms with E-state index in [0.717, 1.165) is 32.0 Å². The summed E-state index contributed by atoms with van der Waals surface area (Å²) in [6, 6.07) is 3.82. The van der Waals surface area contributed by atoms with Crippen LogP contribution in [0.1, 0.15) is 0 Å². The van der Waals surface area contributed by atoms with Gasteiger partial charge in [0.25, 0.3) is 0 Å². The van der Waals surface area contributed by atoms with Gasteiger partial charge in [0.2, 0.25) is 0 Å². The average Bonchev–Trinajstić information content (AvgIpc) is 2.20. The summed E-state index contributed by atoms with van der Waals surface area (Å²) in [4.78, 5) is 6.30. The number of hydrogen-bond donors (Lipinski definition) is 1. The molecule has 0 amide bonds. The second-order valence-electron chi connectivity index (χ2n) is 3.04. The second-order valence-corrected chi connectivity index (χ2v) is 3.04. The summed E-state index contributed by atoms with van der Waals surface area (Å²) >= 11 is 0. The molecule has 1 aromatic heterocycles. The van der Waals surface area contributed by atoms with Gasteiger partial charge in [-0.1, -0.05) is 0 Å². The van der Waals surface area contributed by atoms with Crippen LogP contribution in [0.15, 0.2) is 18.3 Å². The Balaban J connectivity index is 0.000000980. The maximum absolute atomic E-state index is 5.50. The molecular formula is C9H14ClN3O. The number of nitrogen functional groups attached to an aromatic ring is 1. The molecule has 4 nitrogen and oxygen atoms in total. The van der Waals surface area contributed by atoms with E-state index >= 15 is 0 Å². The zero-order valence-corrected chi connectivity index (χ0v) is 8.67. The van der Waals surface area contributed by atoms with Crippen molar-refractivity contribution < 1.29 is 4.74 Å². The Morgan fingerprint density at radius 1 is 1.29 bits per heavy atom. The number of anilines is 2. The molecule has 0 unspecified atom stereocenters. The monoisotopic (exact) mass is 215 g/mol. The van der Waals surface area contributed by atoms with Gasteiger partial charge < -0.3 is 15.4 Å². The Hall–Kier alpha value is -1.00. The summed E-state index contributed by atoms with van der Waals surface area (Å²) in [6.07, 6.45) is 1.81. The molecule has 2 heterocycles. The summed E-state index contributed by atoms with van der Waals surface area (Å²) < 4.78 is 5.26. The van der Waals surface area contributed by atoms with E-state index in [0.29, 0.717) is 5.82 Å². The molecule has 14 heavy (non-hydrogen) atoms. The maximum atomic E-state index is 5.50. The van der Waals surface area contributed by atoms with Gasteiger partial charge in [-0.05, 0) is 12.1 Å². The van der Waals surface area contributed by atoms with Crippen LogP contribution in [0.5, 0.6) is 0 Å². The lowest BCUT2D eigenvalue weighted by Gasteiger charge is -2.28. The predicted molar refractivity (Wildman–Crippen MR) is 58.9 cm³/mol. The maximum Gasteiger partial charge on any atom is 0.123 e. The molecule has 1 aliphatic heterocycles. The molecule has 78 valence electrons. The summed E-state index contributed by atoms with van der Waals surface area (Å²) in [5.41, 5.74) is 6.62. The Morgan fingerprint density at radius 2 is 2.00 bits per heavy atom. The number of aromatic nitrogens is 1. The minimum atomic E-state index is 0. The normalized spacial score (nSPS) is 16.1. The Kier molecular flexibility index (Phi) is 3.98. The van der Waals surface area contributed by atoms with Crippen molar-refractivity contribution in [2.24, 2.45) is 0 Å². The summed E-state index contributed by atoms with van der Waals surface area (Å²) in [7, 11) is 0. The highest BCUT2D eigenvalue weighted by Crippen LogP contribution is 2.14. The molecule has 0 atom stereocenters. The smallest absolute Gasteiger partial charge is 0.123 e.